The summed E-state index contributed by atoms with van der Waals surface area (Å²) < 4.78 is 7.63. The van der Waals surface area contributed by atoms with Gasteiger partial charge in [0.05, 0.1) is 11.3 Å². The van der Waals surface area contributed by atoms with Crippen molar-refractivity contribution in [3.8, 4) is 11.3 Å². The number of carbonyl (C=O) groups is 1. The molecule has 0 saturated carbocycles. The van der Waals surface area contributed by atoms with Crippen molar-refractivity contribution in [1.29, 1.82) is 0 Å². The normalized spacial score (nSPS) is 12.2. The predicted molar refractivity (Wildman–Crippen MR) is 178 cm³/mol. The van der Waals surface area contributed by atoms with Gasteiger partial charge in [0.1, 0.15) is 5.58 Å². The summed E-state index contributed by atoms with van der Waals surface area (Å²) in [5, 5.41) is 15.3. The van der Waals surface area contributed by atoms with Crippen molar-refractivity contribution in [2.24, 2.45) is 17.3 Å². The molecule has 0 spiro atoms. The Kier molecular flexibility index (Phi) is 12.3. The van der Waals surface area contributed by atoms with Crippen LogP contribution in [-0.2, 0) is 31.3 Å². The number of rotatable bonds is 9. The van der Waals surface area contributed by atoms with Gasteiger partial charge >= 0.3 is 0 Å². The van der Waals surface area contributed by atoms with Gasteiger partial charge in [-0.25, -0.2) is 0 Å². The van der Waals surface area contributed by atoms with Crippen LogP contribution in [0.1, 0.15) is 79.7 Å². The molecule has 0 amide bonds. The van der Waals surface area contributed by atoms with Crippen LogP contribution in [0.25, 0.3) is 43.3 Å². The number of ketones is 1. The maximum atomic E-state index is 11.7. The number of nitrogens with zero attached hydrogens (tertiary/aromatic N) is 1. The second kappa shape index (κ2) is 15.3. The molecule has 0 unspecified atom stereocenters. The van der Waals surface area contributed by atoms with Crippen LogP contribution < -0.4 is 0 Å². The Balaban J connectivity index is 0.000000274. The van der Waals surface area contributed by atoms with Crippen molar-refractivity contribution in [2.45, 2.75) is 80.6 Å². The summed E-state index contributed by atoms with van der Waals surface area (Å²) in [6, 6.07) is 18.2. The van der Waals surface area contributed by atoms with Crippen molar-refractivity contribution in [3.05, 3.63) is 77.5 Å². The number of fused-ring (bicyclic) bond motifs is 5. The maximum absolute atomic E-state index is 11.7. The smallest absolute Gasteiger partial charge is 0.162 e. The molecule has 0 bridgehead atoms. The minimum Gasteiger partial charge on any atom is -0.512 e. The number of hydrogen-bond donors (Lipinski definition) is 1. The second-order valence-electron chi connectivity index (χ2n) is 12.3. The van der Waals surface area contributed by atoms with Crippen LogP contribution in [0.4, 0.5) is 0 Å². The number of carbonyl (C=O) groups excluding carboxylic acids is 1. The number of aromatic nitrogens is 1. The first-order valence-corrected chi connectivity index (χ1v) is 16.1. The Hall–Kier alpha value is -2.79. The molecule has 0 fully saturated rings. The van der Waals surface area contributed by atoms with E-state index in [9.17, 15) is 9.90 Å². The number of furan rings is 1. The standard InChI is InChI=1S/C24H20NOS.C13H24O2.Ir/c1-24(2,3)14-15-9-11-25-20(13-15)18-6-4-5-16-17-7-8-21-19(10-12-27-21)23(17)26-22(16)18;1-5-10(6-2)12(14)9-13(15)11(7-3)8-4;/h4-5,7-13H,14H2,1-3H3;9-11,14H,5-8H2,1-4H3;/q-1;;/b;12-9-;. The van der Waals surface area contributed by atoms with Gasteiger partial charge in [0, 0.05) is 59.7 Å². The van der Waals surface area contributed by atoms with E-state index in [1.54, 1.807) is 11.3 Å². The molecule has 0 aliphatic carbocycles. The molecule has 3 aromatic heterocycles. The van der Waals surface area contributed by atoms with Gasteiger partial charge in [-0.15, -0.1) is 29.5 Å². The molecule has 231 valence electrons. The van der Waals surface area contributed by atoms with Gasteiger partial charge in [0.2, 0.25) is 0 Å². The summed E-state index contributed by atoms with van der Waals surface area (Å²) in [5.74, 6) is 0.547. The second-order valence-corrected chi connectivity index (χ2v) is 13.2. The first kappa shape index (κ1) is 34.7. The minimum atomic E-state index is 0. The molecule has 0 aliphatic heterocycles. The Bertz CT molecular complexity index is 1680. The van der Waals surface area contributed by atoms with E-state index >= 15 is 0 Å². The molecule has 0 saturated heterocycles. The average molecular weight is 775 g/mol. The van der Waals surface area contributed by atoms with E-state index in [-0.39, 0.29) is 48.9 Å². The fourth-order valence-corrected chi connectivity index (χ4v) is 6.33. The number of aliphatic hydroxyl groups excluding tert-OH is 1. The minimum absolute atomic E-state index is 0. The number of aliphatic hydroxyl groups is 1. The number of pyridine rings is 1. The topological polar surface area (TPSA) is 63.3 Å². The van der Waals surface area contributed by atoms with Gasteiger partial charge in [0.15, 0.2) is 5.78 Å². The van der Waals surface area contributed by atoms with Crippen LogP contribution in [0.2, 0.25) is 0 Å². The molecule has 4 nitrogen and oxygen atoms in total. The van der Waals surface area contributed by atoms with Gasteiger partial charge in [-0.05, 0) is 66.8 Å². The number of allylic oxidation sites excluding steroid dienone is 2. The molecule has 1 N–H and O–H groups in total. The quantitative estimate of drug-likeness (QED) is 0.0920. The Morgan fingerprint density at radius 3 is 2.28 bits per heavy atom. The number of hydrogen-bond acceptors (Lipinski definition) is 5. The maximum Gasteiger partial charge on any atom is 0.162 e. The summed E-state index contributed by atoms with van der Waals surface area (Å²) in [4.78, 5) is 16.3. The van der Waals surface area contributed by atoms with E-state index in [2.05, 4.69) is 73.6 Å². The zero-order chi connectivity index (χ0) is 30.4. The van der Waals surface area contributed by atoms with Crippen molar-refractivity contribution < 1.29 is 34.4 Å². The molecular weight excluding hydrogens is 731 g/mol. The third-order valence-corrected chi connectivity index (χ3v) is 8.81. The van der Waals surface area contributed by atoms with Gasteiger partial charge in [0.25, 0.3) is 0 Å². The summed E-state index contributed by atoms with van der Waals surface area (Å²) in [7, 11) is 0. The SMILES string of the molecule is CC(C)(C)Cc1ccnc(-c2[c-]ccc3c2oc2c4ccsc4ccc32)c1.CCC(CC)C(=O)/C=C(\O)C(CC)CC.[Ir]. The predicted octanol–water partition coefficient (Wildman–Crippen LogP) is 11.1. The first-order chi connectivity index (χ1) is 20.1. The number of benzene rings is 2. The fraction of sp³-hybridized carbons (Fsp3) is 0.405. The first-order valence-electron chi connectivity index (χ1n) is 15.2. The van der Waals surface area contributed by atoms with Crippen molar-refractivity contribution >= 4 is 49.1 Å². The van der Waals surface area contributed by atoms with Gasteiger partial charge in [-0.1, -0.05) is 77.1 Å². The third kappa shape index (κ3) is 8.23. The molecule has 43 heavy (non-hydrogen) atoms. The molecule has 0 aliphatic rings. The van der Waals surface area contributed by atoms with E-state index < -0.39 is 0 Å². The number of thiophene rings is 1. The molecular formula is C37H44IrNO3S-. The molecule has 0 atom stereocenters. The van der Waals surface area contributed by atoms with Crippen LogP contribution in [-0.4, -0.2) is 15.9 Å². The van der Waals surface area contributed by atoms with Crippen molar-refractivity contribution in [2.75, 3.05) is 0 Å². The van der Waals surface area contributed by atoms with Crippen LogP contribution >= 0.6 is 11.3 Å². The summed E-state index contributed by atoms with van der Waals surface area (Å²) in [5.41, 5.74) is 5.19. The monoisotopic (exact) mass is 775 g/mol. The Morgan fingerprint density at radius 1 is 0.953 bits per heavy atom. The largest absolute Gasteiger partial charge is 0.512 e. The summed E-state index contributed by atoms with van der Waals surface area (Å²) >= 11 is 1.74. The van der Waals surface area contributed by atoms with Crippen molar-refractivity contribution in [3.63, 3.8) is 0 Å². The molecule has 6 heteroatoms. The molecule has 5 rings (SSSR count). The summed E-state index contributed by atoms with van der Waals surface area (Å²) in [6.45, 7) is 14.8. The van der Waals surface area contributed by atoms with Gasteiger partial charge in [-0.3, -0.25) is 4.79 Å². The van der Waals surface area contributed by atoms with Crippen LogP contribution in [0.15, 0.2) is 70.3 Å². The van der Waals surface area contributed by atoms with Crippen molar-refractivity contribution in [1.82, 2.24) is 4.98 Å². The van der Waals surface area contributed by atoms with E-state index in [1.807, 2.05) is 40.0 Å². The van der Waals surface area contributed by atoms with Crippen LogP contribution in [0.3, 0.4) is 0 Å². The molecule has 2 aromatic carbocycles. The van der Waals surface area contributed by atoms with E-state index in [0.717, 1.165) is 65.3 Å². The van der Waals surface area contributed by atoms with E-state index in [0.29, 0.717) is 0 Å². The Labute approximate surface area is 274 Å². The Morgan fingerprint density at radius 2 is 1.63 bits per heavy atom. The van der Waals surface area contributed by atoms with Gasteiger partial charge in [-0.2, -0.15) is 0 Å². The van der Waals surface area contributed by atoms with E-state index in [1.165, 1.54) is 21.7 Å². The zero-order valence-electron chi connectivity index (χ0n) is 26.4. The third-order valence-electron chi connectivity index (χ3n) is 7.93. The zero-order valence-corrected chi connectivity index (χ0v) is 29.6. The fourth-order valence-electron chi connectivity index (χ4n) is 5.55. The summed E-state index contributed by atoms with van der Waals surface area (Å²) in [6.07, 6.45) is 7.81. The molecule has 5 aromatic rings. The molecule has 3 heterocycles. The molecule has 1 radical (unpaired) electrons. The van der Waals surface area contributed by atoms with Crippen LogP contribution in [0.5, 0.6) is 0 Å². The van der Waals surface area contributed by atoms with E-state index in [4.69, 9.17) is 4.42 Å². The average Bonchev–Trinajstić information content (AvgIpc) is 3.58. The van der Waals surface area contributed by atoms with Crippen LogP contribution in [0, 0.1) is 23.3 Å². The van der Waals surface area contributed by atoms with Gasteiger partial charge < -0.3 is 14.5 Å².